The molecule has 0 bridgehead atoms. The smallest absolute Gasteiger partial charge is 0.272 e. The molecule has 0 saturated carbocycles. The highest BCUT2D eigenvalue weighted by Crippen LogP contribution is 2.27. The number of carbonyl (C=O) groups is 3. The number of rotatable bonds is 10. The summed E-state index contributed by atoms with van der Waals surface area (Å²) < 4.78 is 5.21. The third-order valence-corrected chi connectivity index (χ3v) is 6.77. The molecule has 1 aromatic heterocycles. The standard InChI is InChI=1S/C31H28N4O4S/c1-21(29(36)33-24-15-17-32-18-16-24)40-27-10-6-9-25(20-27)34-31(38)28(19-22-11-13-26(39-2)14-12-22)35-30(37)23-7-4-3-5-8-23/h3-21H,1-2H3,(H,34,38)(H,35,37)(H,32,33,36)/b28-19+. The maximum Gasteiger partial charge on any atom is 0.272 e. The van der Waals surface area contributed by atoms with Crippen LogP contribution in [0.15, 0.2) is 114 Å². The van der Waals surface area contributed by atoms with E-state index in [4.69, 9.17) is 4.74 Å². The first kappa shape index (κ1) is 28.1. The zero-order chi connectivity index (χ0) is 28.3. The molecule has 3 N–H and O–H groups in total. The second-order valence-corrected chi connectivity index (χ2v) is 10.0. The summed E-state index contributed by atoms with van der Waals surface area (Å²) in [6.07, 6.45) is 4.82. The van der Waals surface area contributed by atoms with Crippen LogP contribution in [0.3, 0.4) is 0 Å². The van der Waals surface area contributed by atoms with Crippen molar-refractivity contribution < 1.29 is 19.1 Å². The summed E-state index contributed by atoms with van der Waals surface area (Å²) in [5, 5.41) is 8.06. The lowest BCUT2D eigenvalue weighted by atomic mass is 10.1. The largest absolute Gasteiger partial charge is 0.497 e. The van der Waals surface area contributed by atoms with Crippen molar-refractivity contribution in [2.45, 2.75) is 17.1 Å². The molecular weight excluding hydrogens is 524 g/mol. The summed E-state index contributed by atoms with van der Waals surface area (Å²) in [5.74, 6) is -0.381. The van der Waals surface area contributed by atoms with Crippen LogP contribution < -0.4 is 20.7 Å². The lowest BCUT2D eigenvalue weighted by Crippen LogP contribution is -2.30. The molecule has 40 heavy (non-hydrogen) atoms. The SMILES string of the molecule is COc1ccc(/C=C(/NC(=O)c2ccccc2)C(=O)Nc2cccc(SC(C)C(=O)Nc3ccncc3)c2)cc1. The van der Waals surface area contributed by atoms with Gasteiger partial charge in [-0.1, -0.05) is 36.4 Å². The summed E-state index contributed by atoms with van der Waals surface area (Å²) in [6.45, 7) is 1.81. The van der Waals surface area contributed by atoms with Crippen molar-refractivity contribution in [2.24, 2.45) is 0 Å². The first-order valence-electron chi connectivity index (χ1n) is 12.4. The van der Waals surface area contributed by atoms with Crippen LogP contribution in [0.25, 0.3) is 6.08 Å². The molecule has 4 aromatic rings. The zero-order valence-corrected chi connectivity index (χ0v) is 22.8. The van der Waals surface area contributed by atoms with Gasteiger partial charge in [-0.25, -0.2) is 0 Å². The second kappa shape index (κ2) is 13.8. The van der Waals surface area contributed by atoms with E-state index in [2.05, 4.69) is 20.9 Å². The van der Waals surface area contributed by atoms with Gasteiger partial charge in [0.25, 0.3) is 11.8 Å². The van der Waals surface area contributed by atoms with Crippen LogP contribution in [0.5, 0.6) is 5.75 Å². The van der Waals surface area contributed by atoms with Crippen molar-refractivity contribution in [1.82, 2.24) is 10.3 Å². The minimum absolute atomic E-state index is 0.0715. The molecule has 0 spiro atoms. The number of thioether (sulfide) groups is 1. The number of pyridine rings is 1. The molecule has 0 aliphatic heterocycles. The molecule has 9 heteroatoms. The fourth-order valence-electron chi connectivity index (χ4n) is 3.59. The Kier molecular flexibility index (Phi) is 9.68. The highest BCUT2D eigenvalue weighted by atomic mass is 32.2. The van der Waals surface area contributed by atoms with Crippen LogP contribution in [0, 0.1) is 0 Å². The number of hydrogen-bond donors (Lipinski definition) is 3. The van der Waals surface area contributed by atoms with E-state index in [1.54, 1.807) is 111 Å². The third-order valence-electron chi connectivity index (χ3n) is 5.68. The summed E-state index contributed by atoms with van der Waals surface area (Å²) >= 11 is 1.36. The minimum atomic E-state index is -0.495. The van der Waals surface area contributed by atoms with Crippen molar-refractivity contribution in [3.8, 4) is 5.75 Å². The third kappa shape index (κ3) is 8.05. The van der Waals surface area contributed by atoms with Crippen molar-refractivity contribution in [1.29, 1.82) is 0 Å². The first-order chi connectivity index (χ1) is 19.4. The number of benzene rings is 3. The molecule has 1 unspecified atom stereocenters. The fraction of sp³-hybridized carbons (Fsp3) is 0.0968. The van der Waals surface area contributed by atoms with Gasteiger partial charge in [0.05, 0.1) is 12.4 Å². The summed E-state index contributed by atoms with van der Waals surface area (Å²) in [7, 11) is 1.57. The number of aromatic nitrogens is 1. The van der Waals surface area contributed by atoms with Crippen molar-refractivity contribution in [3.63, 3.8) is 0 Å². The highest BCUT2D eigenvalue weighted by Gasteiger charge is 2.17. The van der Waals surface area contributed by atoms with Gasteiger partial charge in [-0.3, -0.25) is 19.4 Å². The molecule has 3 aromatic carbocycles. The topological polar surface area (TPSA) is 109 Å². The quantitative estimate of drug-likeness (QED) is 0.174. The molecule has 0 aliphatic carbocycles. The molecule has 0 aliphatic rings. The summed E-state index contributed by atoms with van der Waals surface area (Å²) in [4.78, 5) is 43.6. The van der Waals surface area contributed by atoms with Gasteiger partial charge in [-0.2, -0.15) is 0 Å². The van der Waals surface area contributed by atoms with Crippen molar-refractivity contribution >= 4 is 46.9 Å². The molecular formula is C31H28N4O4S. The van der Waals surface area contributed by atoms with Crippen LogP contribution >= 0.6 is 11.8 Å². The molecule has 8 nitrogen and oxygen atoms in total. The van der Waals surface area contributed by atoms with E-state index in [0.29, 0.717) is 28.3 Å². The van der Waals surface area contributed by atoms with Crippen LogP contribution in [0.4, 0.5) is 11.4 Å². The number of methoxy groups -OCH3 is 1. The van der Waals surface area contributed by atoms with Gasteiger partial charge in [-0.05, 0) is 73.2 Å². The molecule has 0 fully saturated rings. The number of ether oxygens (including phenoxy) is 1. The number of nitrogens with zero attached hydrogens (tertiary/aromatic N) is 1. The minimum Gasteiger partial charge on any atom is -0.497 e. The predicted molar refractivity (Wildman–Crippen MR) is 158 cm³/mol. The molecule has 0 radical (unpaired) electrons. The molecule has 0 saturated heterocycles. The molecule has 3 amide bonds. The Labute approximate surface area is 236 Å². The zero-order valence-electron chi connectivity index (χ0n) is 22.0. The van der Waals surface area contributed by atoms with Gasteiger partial charge in [-0.15, -0.1) is 11.8 Å². The van der Waals surface area contributed by atoms with Crippen LogP contribution in [-0.4, -0.2) is 35.1 Å². The Morgan fingerprint density at radius 2 is 1.57 bits per heavy atom. The van der Waals surface area contributed by atoms with E-state index in [1.807, 2.05) is 12.1 Å². The normalized spacial score (nSPS) is 11.7. The van der Waals surface area contributed by atoms with Gasteiger partial charge >= 0.3 is 0 Å². The van der Waals surface area contributed by atoms with Gasteiger partial charge < -0.3 is 20.7 Å². The van der Waals surface area contributed by atoms with Crippen molar-refractivity contribution in [3.05, 3.63) is 120 Å². The van der Waals surface area contributed by atoms with Gasteiger partial charge in [0.2, 0.25) is 5.91 Å². The molecule has 1 atom stereocenters. The van der Waals surface area contributed by atoms with Gasteiger partial charge in [0, 0.05) is 34.2 Å². The lowest BCUT2D eigenvalue weighted by molar-refractivity contribution is -0.115. The number of nitrogens with one attached hydrogen (secondary N) is 3. The van der Waals surface area contributed by atoms with E-state index in [1.165, 1.54) is 11.8 Å². The van der Waals surface area contributed by atoms with Gasteiger partial charge in [0.1, 0.15) is 11.4 Å². The first-order valence-corrected chi connectivity index (χ1v) is 13.3. The lowest BCUT2D eigenvalue weighted by Gasteiger charge is -2.14. The number of amides is 3. The molecule has 1 heterocycles. The number of carbonyl (C=O) groups excluding carboxylic acids is 3. The van der Waals surface area contributed by atoms with E-state index < -0.39 is 17.1 Å². The average molecular weight is 553 g/mol. The van der Waals surface area contributed by atoms with Crippen LogP contribution in [0.2, 0.25) is 0 Å². The Morgan fingerprint density at radius 3 is 2.27 bits per heavy atom. The van der Waals surface area contributed by atoms with Gasteiger partial charge in [0.15, 0.2) is 0 Å². The fourth-order valence-corrected chi connectivity index (χ4v) is 4.52. The van der Waals surface area contributed by atoms with Crippen LogP contribution in [0.1, 0.15) is 22.8 Å². The highest BCUT2D eigenvalue weighted by molar-refractivity contribution is 8.00. The maximum absolute atomic E-state index is 13.4. The maximum atomic E-state index is 13.4. The van der Waals surface area contributed by atoms with E-state index >= 15 is 0 Å². The molecule has 202 valence electrons. The number of hydrogen-bond acceptors (Lipinski definition) is 6. The number of anilines is 2. The summed E-state index contributed by atoms with van der Waals surface area (Å²) in [5.41, 5.74) is 2.39. The Bertz CT molecular complexity index is 1490. The Balaban J connectivity index is 1.48. The summed E-state index contributed by atoms with van der Waals surface area (Å²) in [6, 6.07) is 26.4. The monoisotopic (exact) mass is 552 g/mol. The van der Waals surface area contributed by atoms with E-state index in [9.17, 15) is 14.4 Å². The van der Waals surface area contributed by atoms with Crippen molar-refractivity contribution in [2.75, 3.05) is 17.7 Å². The average Bonchev–Trinajstić information content (AvgIpc) is 2.98. The Hall–Kier alpha value is -4.89. The Morgan fingerprint density at radius 1 is 0.850 bits per heavy atom. The van der Waals surface area contributed by atoms with E-state index in [0.717, 1.165) is 4.90 Å². The predicted octanol–water partition coefficient (Wildman–Crippen LogP) is 5.62. The van der Waals surface area contributed by atoms with Crippen LogP contribution in [-0.2, 0) is 9.59 Å². The second-order valence-electron chi connectivity index (χ2n) is 8.62. The van der Waals surface area contributed by atoms with E-state index in [-0.39, 0.29) is 11.6 Å². The molecule has 4 rings (SSSR count).